The minimum atomic E-state index is 0.250. The molecule has 0 bridgehead atoms. The minimum Gasteiger partial charge on any atom is -0.396 e. The number of rotatable bonds is 9. The van der Waals surface area contributed by atoms with Crippen LogP contribution in [0.25, 0.3) is 0 Å². The summed E-state index contributed by atoms with van der Waals surface area (Å²) < 4.78 is 10.3. The lowest BCUT2D eigenvalue weighted by atomic mass is 10.3. The number of hydrogen-bond donors (Lipinski definition) is 1. The summed E-state index contributed by atoms with van der Waals surface area (Å²) in [7, 11) is 0. The molecule has 12 heavy (non-hydrogen) atoms. The summed E-state index contributed by atoms with van der Waals surface area (Å²) in [4.78, 5) is 0. The van der Waals surface area contributed by atoms with Crippen molar-refractivity contribution in [2.45, 2.75) is 32.6 Å². The van der Waals surface area contributed by atoms with Gasteiger partial charge < -0.3 is 14.6 Å². The van der Waals surface area contributed by atoms with Crippen molar-refractivity contribution in [3.05, 3.63) is 0 Å². The second-order valence-corrected chi connectivity index (χ2v) is 2.72. The molecule has 3 nitrogen and oxygen atoms in total. The topological polar surface area (TPSA) is 38.7 Å². The van der Waals surface area contributed by atoms with Crippen LogP contribution in [0.2, 0.25) is 0 Å². The van der Waals surface area contributed by atoms with Crippen LogP contribution in [-0.2, 0) is 9.47 Å². The molecule has 74 valence electrons. The Morgan fingerprint density at radius 2 is 1.67 bits per heavy atom. The molecular weight excluding hydrogens is 156 g/mol. The molecule has 0 amide bonds. The predicted molar refractivity (Wildman–Crippen MR) is 48.0 cm³/mol. The van der Waals surface area contributed by atoms with Gasteiger partial charge >= 0.3 is 0 Å². The van der Waals surface area contributed by atoms with Gasteiger partial charge in [0.05, 0.1) is 0 Å². The highest BCUT2D eigenvalue weighted by Crippen LogP contribution is 1.91. The summed E-state index contributed by atoms with van der Waals surface area (Å²) in [6, 6.07) is 0. The molecule has 0 spiro atoms. The molecule has 1 N–H and O–H groups in total. The average molecular weight is 176 g/mol. The largest absolute Gasteiger partial charge is 0.396 e. The second-order valence-electron chi connectivity index (χ2n) is 2.72. The van der Waals surface area contributed by atoms with E-state index in [4.69, 9.17) is 14.6 Å². The molecule has 0 aromatic carbocycles. The number of aliphatic hydroxyl groups excluding tert-OH is 1. The summed E-state index contributed by atoms with van der Waals surface area (Å²) in [5.41, 5.74) is 0. The van der Waals surface area contributed by atoms with Crippen molar-refractivity contribution in [3.63, 3.8) is 0 Å². The van der Waals surface area contributed by atoms with Crippen molar-refractivity contribution in [1.82, 2.24) is 0 Å². The fraction of sp³-hybridized carbons (Fsp3) is 1.00. The molecule has 0 aromatic heterocycles. The van der Waals surface area contributed by atoms with Gasteiger partial charge in [-0.2, -0.15) is 0 Å². The van der Waals surface area contributed by atoms with Crippen LogP contribution in [0.1, 0.15) is 32.6 Å². The van der Waals surface area contributed by atoms with E-state index in [1.807, 2.05) is 0 Å². The van der Waals surface area contributed by atoms with E-state index in [1.54, 1.807) is 0 Å². The number of unbranched alkanes of at least 4 members (excludes halogenated alkanes) is 2. The molecule has 0 unspecified atom stereocenters. The lowest BCUT2D eigenvalue weighted by Gasteiger charge is -2.03. The first-order valence-corrected chi connectivity index (χ1v) is 4.68. The Bertz CT molecular complexity index is 66.2. The van der Waals surface area contributed by atoms with E-state index in [0.29, 0.717) is 13.4 Å². The molecule has 0 heterocycles. The zero-order valence-corrected chi connectivity index (χ0v) is 7.92. The number of aliphatic hydroxyl groups is 1. The number of hydrogen-bond acceptors (Lipinski definition) is 3. The summed E-state index contributed by atoms with van der Waals surface area (Å²) >= 11 is 0. The Hall–Kier alpha value is -0.120. The van der Waals surface area contributed by atoms with Crippen molar-refractivity contribution in [1.29, 1.82) is 0 Å². The third-order valence-corrected chi connectivity index (χ3v) is 1.51. The second kappa shape index (κ2) is 10.9. The molecule has 0 atom stereocenters. The van der Waals surface area contributed by atoms with Crippen molar-refractivity contribution in [2.75, 3.05) is 26.6 Å². The smallest absolute Gasteiger partial charge is 0.146 e. The third-order valence-electron chi connectivity index (χ3n) is 1.51. The fourth-order valence-electron chi connectivity index (χ4n) is 0.739. The van der Waals surface area contributed by atoms with Crippen molar-refractivity contribution in [3.8, 4) is 0 Å². The van der Waals surface area contributed by atoms with E-state index in [1.165, 1.54) is 0 Å². The molecule has 0 aliphatic heterocycles. The molecule has 0 fully saturated rings. The van der Waals surface area contributed by atoms with Gasteiger partial charge in [0.2, 0.25) is 0 Å². The SMILES string of the molecule is CCCCOCOCCCCO. The van der Waals surface area contributed by atoms with E-state index >= 15 is 0 Å². The van der Waals surface area contributed by atoms with Crippen LogP contribution in [0.5, 0.6) is 0 Å². The normalized spacial score (nSPS) is 10.5. The van der Waals surface area contributed by atoms with Crippen LogP contribution >= 0.6 is 0 Å². The first-order chi connectivity index (χ1) is 5.91. The van der Waals surface area contributed by atoms with E-state index < -0.39 is 0 Å². The molecule has 0 rings (SSSR count). The standard InChI is InChI=1S/C9H20O3/c1-2-3-7-11-9-12-8-5-4-6-10/h10H,2-9H2,1H3. The van der Waals surface area contributed by atoms with Crippen LogP contribution in [0.4, 0.5) is 0 Å². The molecule has 0 saturated heterocycles. The first-order valence-electron chi connectivity index (χ1n) is 4.68. The van der Waals surface area contributed by atoms with Gasteiger partial charge in [-0.15, -0.1) is 0 Å². The summed E-state index contributed by atoms with van der Waals surface area (Å²) in [5.74, 6) is 0. The Labute approximate surface area is 74.7 Å². The first kappa shape index (κ1) is 11.9. The molecule has 0 aromatic rings. The Kier molecular flexibility index (Phi) is 10.8. The van der Waals surface area contributed by atoms with Gasteiger partial charge in [-0.1, -0.05) is 13.3 Å². The maximum Gasteiger partial charge on any atom is 0.146 e. The van der Waals surface area contributed by atoms with Crippen LogP contribution in [0.15, 0.2) is 0 Å². The average Bonchev–Trinajstić information content (AvgIpc) is 2.10. The molecular formula is C9H20O3. The summed E-state index contributed by atoms with van der Waals surface area (Å²) in [6.07, 6.45) is 3.98. The van der Waals surface area contributed by atoms with Gasteiger partial charge in [-0.3, -0.25) is 0 Å². The monoisotopic (exact) mass is 176 g/mol. The fourth-order valence-corrected chi connectivity index (χ4v) is 0.739. The lowest BCUT2D eigenvalue weighted by molar-refractivity contribution is -0.0557. The van der Waals surface area contributed by atoms with E-state index in [-0.39, 0.29) is 6.61 Å². The minimum absolute atomic E-state index is 0.250. The molecule has 0 aliphatic rings. The van der Waals surface area contributed by atoms with Gasteiger partial charge in [0.25, 0.3) is 0 Å². The van der Waals surface area contributed by atoms with Gasteiger partial charge in [-0.25, -0.2) is 0 Å². The zero-order chi connectivity index (χ0) is 9.07. The van der Waals surface area contributed by atoms with Gasteiger partial charge in [0, 0.05) is 19.8 Å². The van der Waals surface area contributed by atoms with Gasteiger partial charge in [0.1, 0.15) is 6.79 Å². The van der Waals surface area contributed by atoms with Crippen LogP contribution in [0, 0.1) is 0 Å². The Morgan fingerprint density at radius 1 is 1.00 bits per heavy atom. The van der Waals surface area contributed by atoms with Crippen LogP contribution in [0.3, 0.4) is 0 Å². The Balaban J connectivity index is 2.73. The zero-order valence-electron chi connectivity index (χ0n) is 7.92. The van der Waals surface area contributed by atoms with Crippen LogP contribution < -0.4 is 0 Å². The molecule has 0 saturated carbocycles. The van der Waals surface area contributed by atoms with E-state index in [0.717, 1.165) is 32.3 Å². The predicted octanol–water partition coefficient (Wildman–Crippen LogP) is 1.55. The van der Waals surface area contributed by atoms with Gasteiger partial charge in [-0.05, 0) is 19.3 Å². The van der Waals surface area contributed by atoms with E-state index in [2.05, 4.69) is 6.92 Å². The molecule has 3 heteroatoms. The summed E-state index contributed by atoms with van der Waals surface area (Å²) in [6.45, 7) is 4.25. The highest BCUT2D eigenvalue weighted by Gasteiger charge is 1.88. The molecule has 0 radical (unpaired) electrons. The third kappa shape index (κ3) is 9.88. The van der Waals surface area contributed by atoms with Crippen molar-refractivity contribution in [2.24, 2.45) is 0 Å². The van der Waals surface area contributed by atoms with Gasteiger partial charge in [0.15, 0.2) is 0 Å². The molecule has 0 aliphatic carbocycles. The van der Waals surface area contributed by atoms with Crippen molar-refractivity contribution >= 4 is 0 Å². The van der Waals surface area contributed by atoms with Crippen molar-refractivity contribution < 1.29 is 14.6 Å². The Morgan fingerprint density at radius 3 is 2.25 bits per heavy atom. The quantitative estimate of drug-likeness (QED) is 0.428. The highest BCUT2D eigenvalue weighted by atomic mass is 16.7. The summed E-state index contributed by atoms with van der Waals surface area (Å²) in [5, 5.41) is 8.45. The maximum absolute atomic E-state index is 8.45. The lowest BCUT2D eigenvalue weighted by Crippen LogP contribution is -2.03. The van der Waals surface area contributed by atoms with Crippen LogP contribution in [-0.4, -0.2) is 31.7 Å². The maximum atomic E-state index is 8.45. The van der Waals surface area contributed by atoms with E-state index in [9.17, 15) is 0 Å². The number of ether oxygens (including phenoxy) is 2. The highest BCUT2D eigenvalue weighted by molar-refractivity contribution is 4.34.